The van der Waals surface area contributed by atoms with Crippen molar-refractivity contribution < 1.29 is 19.1 Å². The topological polar surface area (TPSA) is 152 Å². The number of nitrogens with one attached hydrogen (secondary N) is 2. The number of aliphatic imine (C=N–C) groups is 1. The van der Waals surface area contributed by atoms with Gasteiger partial charge in [0.05, 0.1) is 12.2 Å². The van der Waals surface area contributed by atoms with E-state index in [9.17, 15) is 14.4 Å². The number of piperidine rings is 1. The highest BCUT2D eigenvalue weighted by atomic mass is 16.5. The fourth-order valence-corrected chi connectivity index (χ4v) is 4.40. The summed E-state index contributed by atoms with van der Waals surface area (Å²) in [5, 5.41) is 6.16. The van der Waals surface area contributed by atoms with Crippen molar-refractivity contribution in [2.75, 3.05) is 13.1 Å². The number of amides is 2. The van der Waals surface area contributed by atoms with Crippen molar-refractivity contribution in [2.24, 2.45) is 28.3 Å². The van der Waals surface area contributed by atoms with Crippen LogP contribution < -0.4 is 22.1 Å². The standard InChI is InChI=1S/C26H42N6O4/c1-18(2)14-22(31-26(35)36-17-20-8-5-4-6-9-20)24(34)32(23-15-19(3)11-13-29-23)21(16-33)10-7-12-30-25(27)28/h4-6,8-9,16,18-19,21-23,29H,7,10-15,17H2,1-3H3,(H,31,35)(H4,27,28,30)/t19?,21-,22-,23?/m0/s1. The third-order valence-corrected chi connectivity index (χ3v) is 6.21. The SMILES string of the molecule is CC(C)C[C@H](NC(=O)OCc1ccccc1)C(=O)N(C1CC(C)CCN1)[C@H](C=O)CCCN=C(N)N. The second kappa shape index (κ2) is 15.1. The predicted molar refractivity (Wildman–Crippen MR) is 140 cm³/mol. The summed E-state index contributed by atoms with van der Waals surface area (Å²) in [6, 6.07) is 7.83. The van der Waals surface area contributed by atoms with Gasteiger partial charge in [0, 0.05) is 6.54 Å². The molecule has 2 amide bonds. The molecule has 10 nitrogen and oxygen atoms in total. The second-order valence-electron chi connectivity index (χ2n) is 9.89. The predicted octanol–water partition coefficient (Wildman–Crippen LogP) is 2.12. The Morgan fingerprint density at radius 3 is 2.61 bits per heavy atom. The Balaban J connectivity index is 2.19. The first kappa shape index (κ1) is 29.1. The zero-order valence-electron chi connectivity index (χ0n) is 21.7. The van der Waals surface area contributed by atoms with Crippen LogP contribution in [0.15, 0.2) is 35.3 Å². The number of guanidine groups is 1. The molecule has 0 saturated carbocycles. The number of hydrogen-bond donors (Lipinski definition) is 4. The van der Waals surface area contributed by atoms with E-state index in [2.05, 4.69) is 22.5 Å². The highest BCUT2D eigenvalue weighted by Crippen LogP contribution is 2.23. The maximum atomic E-state index is 13.9. The molecule has 1 heterocycles. The number of benzene rings is 1. The van der Waals surface area contributed by atoms with E-state index in [4.69, 9.17) is 16.2 Å². The average Bonchev–Trinajstić information content (AvgIpc) is 2.84. The summed E-state index contributed by atoms with van der Waals surface area (Å²) in [5.41, 5.74) is 11.7. The van der Waals surface area contributed by atoms with E-state index in [1.807, 2.05) is 44.2 Å². The number of alkyl carbamates (subject to hydrolysis) is 1. The normalized spacial score (nSPS) is 19.1. The maximum absolute atomic E-state index is 13.9. The van der Waals surface area contributed by atoms with Gasteiger partial charge in [-0.2, -0.15) is 0 Å². The number of carbonyl (C=O) groups excluding carboxylic acids is 3. The lowest BCUT2D eigenvalue weighted by Crippen LogP contribution is -2.61. The van der Waals surface area contributed by atoms with Crippen molar-refractivity contribution in [3.8, 4) is 0 Å². The third kappa shape index (κ3) is 9.85. The van der Waals surface area contributed by atoms with Gasteiger partial charge in [0.25, 0.3) is 0 Å². The Bertz CT molecular complexity index is 859. The minimum Gasteiger partial charge on any atom is -0.445 e. The third-order valence-electron chi connectivity index (χ3n) is 6.21. The number of aldehydes is 1. The number of carbonyl (C=O) groups is 3. The first-order chi connectivity index (χ1) is 17.2. The summed E-state index contributed by atoms with van der Waals surface area (Å²) in [5.74, 6) is 0.215. The van der Waals surface area contributed by atoms with Crippen LogP contribution in [-0.4, -0.2) is 60.5 Å². The molecule has 1 aliphatic heterocycles. The molecule has 1 fully saturated rings. The smallest absolute Gasteiger partial charge is 0.408 e. The summed E-state index contributed by atoms with van der Waals surface area (Å²) in [6.45, 7) is 7.31. The van der Waals surface area contributed by atoms with Gasteiger partial charge in [-0.15, -0.1) is 0 Å². The molecule has 6 N–H and O–H groups in total. The van der Waals surface area contributed by atoms with Gasteiger partial charge in [0.2, 0.25) is 5.91 Å². The lowest BCUT2D eigenvalue weighted by atomic mass is 9.94. The van der Waals surface area contributed by atoms with Gasteiger partial charge < -0.3 is 31.2 Å². The molecule has 10 heteroatoms. The number of ether oxygens (including phenoxy) is 1. The van der Waals surface area contributed by atoms with Crippen LogP contribution in [0.5, 0.6) is 0 Å². The first-order valence-corrected chi connectivity index (χ1v) is 12.7. The van der Waals surface area contributed by atoms with Gasteiger partial charge in [-0.3, -0.25) is 15.1 Å². The molecule has 0 spiro atoms. The van der Waals surface area contributed by atoms with E-state index in [0.29, 0.717) is 31.7 Å². The van der Waals surface area contributed by atoms with Crippen LogP contribution in [-0.2, 0) is 20.9 Å². The molecule has 200 valence electrons. The van der Waals surface area contributed by atoms with E-state index >= 15 is 0 Å². The molecule has 0 radical (unpaired) electrons. The fraction of sp³-hybridized carbons (Fsp3) is 0.615. The largest absolute Gasteiger partial charge is 0.445 e. The molecule has 1 aliphatic rings. The van der Waals surface area contributed by atoms with Crippen LogP contribution in [0.2, 0.25) is 0 Å². The molecule has 4 atom stereocenters. The summed E-state index contributed by atoms with van der Waals surface area (Å²) >= 11 is 0. The average molecular weight is 503 g/mol. The molecule has 0 aliphatic carbocycles. The molecule has 36 heavy (non-hydrogen) atoms. The summed E-state index contributed by atoms with van der Waals surface area (Å²) in [6.07, 6.45) is 2.90. The molecule has 0 bridgehead atoms. The molecule has 1 aromatic carbocycles. The fourth-order valence-electron chi connectivity index (χ4n) is 4.40. The Morgan fingerprint density at radius 1 is 1.28 bits per heavy atom. The van der Waals surface area contributed by atoms with E-state index in [1.54, 1.807) is 4.90 Å². The Morgan fingerprint density at radius 2 is 2.00 bits per heavy atom. The molecular formula is C26H42N6O4. The number of hydrogen-bond acceptors (Lipinski definition) is 6. The van der Waals surface area contributed by atoms with Crippen LogP contribution in [0.1, 0.15) is 58.4 Å². The van der Waals surface area contributed by atoms with Crippen LogP contribution in [0.4, 0.5) is 4.79 Å². The van der Waals surface area contributed by atoms with Crippen molar-refractivity contribution in [1.29, 1.82) is 0 Å². The van der Waals surface area contributed by atoms with Gasteiger partial charge in [-0.1, -0.05) is 51.1 Å². The molecular weight excluding hydrogens is 460 g/mol. The second-order valence-corrected chi connectivity index (χ2v) is 9.89. The van der Waals surface area contributed by atoms with Crippen molar-refractivity contribution in [3.63, 3.8) is 0 Å². The van der Waals surface area contributed by atoms with E-state index < -0.39 is 18.2 Å². The van der Waals surface area contributed by atoms with E-state index in [1.165, 1.54) is 0 Å². The Kier molecular flexibility index (Phi) is 12.2. The number of nitrogens with zero attached hydrogens (tertiary/aromatic N) is 2. The Hall–Kier alpha value is -3.14. The van der Waals surface area contributed by atoms with Gasteiger partial charge in [0.1, 0.15) is 18.9 Å². The van der Waals surface area contributed by atoms with Crippen molar-refractivity contribution >= 4 is 24.2 Å². The minimum atomic E-state index is -0.826. The molecule has 1 saturated heterocycles. The molecule has 0 aromatic heterocycles. The highest BCUT2D eigenvalue weighted by molar-refractivity contribution is 5.88. The summed E-state index contributed by atoms with van der Waals surface area (Å²) < 4.78 is 5.38. The summed E-state index contributed by atoms with van der Waals surface area (Å²) in [7, 11) is 0. The zero-order chi connectivity index (χ0) is 26.5. The zero-order valence-corrected chi connectivity index (χ0v) is 21.7. The number of rotatable bonds is 13. The van der Waals surface area contributed by atoms with Gasteiger partial charge in [0.15, 0.2) is 5.96 Å². The van der Waals surface area contributed by atoms with E-state index in [0.717, 1.165) is 31.2 Å². The monoisotopic (exact) mass is 502 g/mol. The van der Waals surface area contributed by atoms with Crippen molar-refractivity contribution in [2.45, 2.75) is 77.7 Å². The maximum Gasteiger partial charge on any atom is 0.408 e. The van der Waals surface area contributed by atoms with Crippen LogP contribution in [0.3, 0.4) is 0 Å². The molecule has 1 aromatic rings. The first-order valence-electron chi connectivity index (χ1n) is 12.7. The lowest BCUT2D eigenvalue weighted by molar-refractivity contribution is -0.143. The van der Waals surface area contributed by atoms with Crippen molar-refractivity contribution in [3.05, 3.63) is 35.9 Å². The van der Waals surface area contributed by atoms with Gasteiger partial charge >= 0.3 is 6.09 Å². The van der Waals surface area contributed by atoms with Crippen LogP contribution in [0, 0.1) is 11.8 Å². The molecule has 2 rings (SSSR count). The van der Waals surface area contributed by atoms with Gasteiger partial charge in [-0.25, -0.2) is 4.79 Å². The Labute approximate surface area is 214 Å². The van der Waals surface area contributed by atoms with E-state index in [-0.39, 0.29) is 30.6 Å². The minimum absolute atomic E-state index is 0.0106. The summed E-state index contributed by atoms with van der Waals surface area (Å²) in [4.78, 5) is 44.4. The van der Waals surface area contributed by atoms with Gasteiger partial charge in [-0.05, 0) is 56.0 Å². The quantitative estimate of drug-likeness (QED) is 0.139. The molecule has 2 unspecified atom stereocenters. The number of nitrogens with two attached hydrogens (primary N) is 2. The lowest BCUT2D eigenvalue weighted by Gasteiger charge is -2.42. The van der Waals surface area contributed by atoms with Crippen LogP contribution >= 0.6 is 0 Å². The van der Waals surface area contributed by atoms with Crippen LogP contribution in [0.25, 0.3) is 0 Å². The van der Waals surface area contributed by atoms with Crippen molar-refractivity contribution in [1.82, 2.24) is 15.5 Å². The highest BCUT2D eigenvalue weighted by Gasteiger charge is 2.37.